The zero-order valence-electron chi connectivity index (χ0n) is 17.8. The first-order valence-electron chi connectivity index (χ1n) is 10.2. The molecule has 5 rings (SSSR count). The van der Waals surface area contributed by atoms with E-state index in [2.05, 4.69) is 9.97 Å². The predicted octanol–water partition coefficient (Wildman–Crippen LogP) is 4.37. The zero-order valence-corrected chi connectivity index (χ0v) is 19.5. The van der Waals surface area contributed by atoms with Gasteiger partial charge >= 0.3 is 0 Å². The molecule has 7 nitrogen and oxygen atoms in total. The highest BCUT2D eigenvalue weighted by molar-refractivity contribution is 7.99. The number of Topliss-reactive ketones (excluding diaryl/α,β-unsaturated/α-hetero) is 1. The number of hydrogen-bond donors (Lipinski definition) is 1. The molecule has 1 aliphatic heterocycles. The molecule has 1 N–H and O–H groups in total. The first-order valence-corrected chi connectivity index (χ1v) is 12.1. The third kappa shape index (κ3) is 3.94. The van der Waals surface area contributed by atoms with Gasteiger partial charge in [-0.15, -0.1) is 11.3 Å². The van der Waals surface area contributed by atoms with Gasteiger partial charge in [-0.25, -0.2) is 4.98 Å². The lowest BCUT2D eigenvalue weighted by Gasteiger charge is -2.30. The summed E-state index contributed by atoms with van der Waals surface area (Å²) in [5, 5.41) is 2.87. The number of fused-ring (bicyclic) bond motifs is 2. The van der Waals surface area contributed by atoms with Crippen LogP contribution in [0.25, 0.3) is 21.3 Å². The number of thioether (sulfide) groups is 1. The summed E-state index contributed by atoms with van der Waals surface area (Å²) in [6.45, 7) is 1.69. The number of rotatable bonds is 5. The maximum atomic E-state index is 12.8. The summed E-state index contributed by atoms with van der Waals surface area (Å²) in [5.74, 6) is 0.361. The van der Waals surface area contributed by atoms with E-state index >= 15 is 0 Å². The number of H-pyrrole nitrogens is 1. The summed E-state index contributed by atoms with van der Waals surface area (Å²) in [6.07, 6.45) is -0.558. The molecule has 0 saturated heterocycles. The van der Waals surface area contributed by atoms with Crippen LogP contribution in [-0.2, 0) is 4.79 Å². The number of carbonyl (C=O) groups is 2. The van der Waals surface area contributed by atoms with Gasteiger partial charge in [-0.05, 0) is 30.7 Å². The van der Waals surface area contributed by atoms with Crippen LogP contribution in [0.1, 0.15) is 17.3 Å². The maximum Gasteiger partial charge on any atom is 0.267 e. The van der Waals surface area contributed by atoms with Crippen molar-refractivity contribution in [1.82, 2.24) is 9.97 Å². The summed E-state index contributed by atoms with van der Waals surface area (Å²) in [4.78, 5) is 47.3. The molecule has 1 amide bonds. The summed E-state index contributed by atoms with van der Waals surface area (Å²) in [6, 6.07) is 14.7. The molecule has 166 valence electrons. The highest BCUT2D eigenvalue weighted by atomic mass is 32.2. The van der Waals surface area contributed by atoms with Gasteiger partial charge in [0.1, 0.15) is 10.6 Å². The van der Waals surface area contributed by atoms with E-state index in [-0.39, 0.29) is 23.0 Å². The Labute approximate surface area is 197 Å². The Hall–Kier alpha value is -3.43. The van der Waals surface area contributed by atoms with Gasteiger partial charge in [0.05, 0.1) is 16.8 Å². The maximum absolute atomic E-state index is 12.8. The van der Waals surface area contributed by atoms with Gasteiger partial charge < -0.3 is 14.6 Å². The molecule has 2 aromatic heterocycles. The molecular formula is C24H19N3O4S2. The fraction of sp³-hybridized carbons (Fsp3) is 0.167. The molecule has 33 heavy (non-hydrogen) atoms. The molecule has 0 bridgehead atoms. The van der Waals surface area contributed by atoms with Crippen LogP contribution in [0.4, 0.5) is 5.69 Å². The van der Waals surface area contributed by atoms with Crippen molar-refractivity contribution >= 4 is 50.7 Å². The van der Waals surface area contributed by atoms with Gasteiger partial charge in [0.25, 0.3) is 11.5 Å². The van der Waals surface area contributed by atoms with Crippen LogP contribution in [0.2, 0.25) is 0 Å². The zero-order chi connectivity index (χ0) is 23.1. The number of carbonyl (C=O) groups excluding carboxylic acids is 2. The lowest BCUT2D eigenvalue weighted by molar-refractivity contribution is -0.125. The van der Waals surface area contributed by atoms with E-state index in [0.29, 0.717) is 32.4 Å². The summed E-state index contributed by atoms with van der Waals surface area (Å²) in [7, 11) is 1.66. The fourth-order valence-electron chi connectivity index (χ4n) is 3.73. The Morgan fingerprint density at radius 1 is 1.21 bits per heavy atom. The Kier molecular flexibility index (Phi) is 5.51. The molecule has 0 aliphatic carbocycles. The van der Waals surface area contributed by atoms with Crippen LogP contribution in [0.3, 0.4) is 0 Å². The lowest BCUT2D eigenvalue weighted by atomic mass is 10.1. The van der Waals surface area contributed by atoms with E-state index in [0.717, 1.165) is 11.1 Å². The Morgan fingerprint density at radius 2 is 2.00 bits per heavy atom. The minimum Gasteiger partial charge on any atom is -0.479 e. The van der Waals surface area contributed by atoms with Gasteiger partial charge in [-0.3, -0.25) is 14.4 Å². The second-order valence-electron chi connectivity index (χ2n) is 7.62. The number of nitrogens with one attached hydrogen (secondary N) is 1. The lowest BCUT2D eigenvalue weighted by Crippen LogP contribution is -2.42. The number of thiophene rings is 1. The second kappa shape index (κ2) is 8.49. The van der Waals surface area contributed by atoms with Crippen molar-refractivity contribution in [3.63, 3.8) is 0 Å². The number of amides is 1. The third-order valence-corrected chi connectivity index (χ3v) is 7.22. The van der Waals surface area contributed by atoms with E-state index in [1.807, 2.05) is 35.7 Å². The molecule has 0 saturated carbocycles. The standard InChI is InChI=1S/C24H19N3O4S2/c1-13-23(30)27(2)17-10-15(8-9-19(17)31-13)18(28)12-33-24-25-21(29)20-16(11-32-22(20)26-24)14-6-4-3-5-7-14/h3-11,13H,12H2,1-2H3,(H,25,26,29). The Bertz CT molecular complexity index is 1450. The van der Waals surface area contributed by atoms with Crippen LogP contribution >= 0.6 is 23.1 Å². The molecule has 1 atom stereocenters. The molecule has 9 heteroatoms. The molecule has 4 aromatic rings. The monoisotopic (exact) mass is 477 g/mol. The van der Waals surface area contributed by atoms with Crippen molar-refractivity contribution in [2.75, 3.05) is 17.7 Å². The average Bonchev–Trinajstić information content (AvgIpc) is 3.26. The van der Waals surface area contributed by atoms with E-state index in [4.69, 9.17) is 4.74 Å². The smallest absolute Gasteiger partial charge is 0.267 e. The summed E-state index contributed by atoms with van der Waals surface area (Å²) >= 11 is 2.58. The van der Waals surface area contributed by atoms with Gasteiger partial charge in [-0.1, -0.05) is 42.1 Å². The number of hydrogen-bond acceptors (Lipinski definition) is 7. The van der Waals surface area contributed by atoms with Crippen LogP contribution in [0.15, 0.2) is 63.9 Å². The van der Waals surface area contributed by atoms with Crippen LogP contribution in [-0.4, -0.2) is 40.6 Å². The molecule has 1 aliphatic rings. The van der Waals surface area contributed by atoms with Gasteiger partial charge in [-0.2, -0.15) is 0 Å². The number of aromatic amines is 1. The van der Waals surface area contributed by atoms with Crippen LogP contribution < -0.4 is 15.2 Å². The van der Waals surface area contributed by atoms with Crippen molar-refractivity contribution < 1.29 is 14.3 Å². The number of benzene rings is 2. The Morgan fingerprint density at radius 3 is 2.79 bits per heavy atom. The highest BCUT2D eigenvalue weighted by Crippen LogP contribution is 2.35. The predicted molar refractivity (Wildman–Crippen MR) is 131 cm³/mol. The molecule has 0 spiro atoms. The quantitative estimate of drug-likeness (QED) is 0.261. The topological polar surface area (TPSA) is 92.4 Å². The van der Waals surface area contributed by atoms with Crippen LogP contribution in [0.5, 0.6) is 5.75 Å². The van der Waals surface area contributed by atoms with Gasteiger partial charge in [0.2, 0.25) is 0 Å². The second-order valence-corrected chi connectivity index (χ2v) is 9.44. The van der Waals surface area contributed by atoms with Crippen molar-refractivity contribution in [2.45, 2.75) is 18.2 Å². The number of nitrogens with zero attached hydrogens (tertiary/aromatic N) is 2. The average molecular weight is 478 g/mol. The van der Waals surface area contributed by atoms with E-state index in [9.17, 15) is 14.4 Å². The van der Waals surface area contributed by atoms with Crippen molar-refractivity contribution in [2.24, 2.45) is 0 Å². The molecule has 3 heterocycles. The Balaban J connectivity index is 1.36. The number of likely N-dealkylation sites (N-methyl/N-ethyl adjacent to an activating group) is 1. The van der Waals surface area contributed by atoms with E-state index in [1.165, 1.54) is 28.0 Å². The summed E-state index contributed by atoms with van der Waals surface area (Å²) in [5.41, 5.74) is 2.61. The number of ether oxygens (including phenoxy) is 1. The van der Waals surface area contributed by atoms with Crippen molar-refractivity contribution in [3.8, 4) is 16.9 Å². The number of ketones is 1. The fourth-order valence-corrected chi connectivity index (χ4v) is 5.49. The minimum atomic E-state index is -0.558. The largest absolute Gasteiger partial charge is 0.479 e. The highest BCUT2D eigenvalue weighted by Gasteiger charge is 2.29. The van der Waals surface area contributed by atoms with Crippen molar-refractivity contribution in [3.05, 3.63) is 69.8 Å². The van der Waals surface area contributed by atoms with Crippen LogP contribution in [0, 0.1) is 0 Å². The molecule has 0 fully saturated rings. The van der Waals surface area contributed by atoms with Crippen molar-refractivity contribution in [1.29, 1.82) is 0 Å². The first kappa shape index (κ1) is 21.4. The molecule has 2 aromatic carbocycles. The van der Waals surface area contributed by atoms with E-state index < -0.39 is 6.10 Å². The number of anilines is 1. The summed E-state index contributed by atoms with van der Waals surface area (Å²) < 4.78 is 5.61. The van der Waals surface area contributed by atoms with E-state index in [1.54, 1.807) is 32.2 Å². The molecule has 0 radical (unpaired) electrons. The SMILES string of the molecule is CC1Oc2ccc(C(=O)CSc3nc4scc(-c5ccccc5)c4c(=O)[nH]3)cc2N(C)C1=O. The first-order chi connectivity index (χ1) is 15.9. The molecular weight excluding hydrogens is 458 g/mol. The minimum absolute atomic E-state index is 0.0963. The normalized spacial score (nSPS) is 15.4. The molecule has 1 unspecified atom stereocenters. The van der Waals surface area contributed by atoms with Gasteiger partial charge in [0.15, 0.2) is 17.0 Å². The third-order valence-electron chi connectivity index (χ3n) is 5.47. The van der Waals surface area contributed by atoms with Gasteiger partial charge in [0, 0.05) is 23.6 Å². The number of aromatic nitrogens is 2.